The number of carbonyl (C=O) groups is 1. The third-order valence-corrected chi connectivity index (χ3v) is 6.25. The number of nitrogens with zero attached hydrogens (tertiary/aromatic N) is 3. The van der Waals surface area contributed by atoms with Crippen molar-refractivity contribution >= 4 is 17.7 Å². The molecule has 2 N–H and O–H groups in total. The minimum atomic E-state index is -0.457. The molecule has 2 atom stereocenters. The van der Waals surface area contributed by atoms with Crippen molar-refractivity contribution in [2.45, 2.75) is 42.7 Å². The fourth-order valence-electron chi connectivity index (χ4n) is 3.29. The lowest BCUT2D eigenvalue weighted by Crippen LogP contribution is -2.43. The van der Waals surface area contributed by atoms with Gasteiger partial charge in [-0.2, -0.15) is 0 Å². The van der Waals surface area contributed by atoms with Crippen LogP contribution in [0.2, 0.25) is 0 Å². The number of rotatable bonds is 6. The van der Waals surface area contributed by atoms with E-state index in [9.17, 15) is 9.18 Å². The van der Waals surface area contributed by atoms with Crippen molar-refractivity contribution in [3.63, 3.8) is 0 Å². The Balaban J connectivity index is 1.66. The zero-order valence-electron chi connectivity index (χ0n) is 14.8. The molecule has 138 valence electrons. The Morgan fingerprint density at radius 1 is 1.36 bits per heavy atom. The molecule has 25 heavy (non-hydrogen) atoms. The quantitative estimate of drug-likeness (QED) is 0.791. The first-order valence-electron chi connectivity index (χ1n) is 8.85. The van der Waals surface area contributed by atoms with E-state index < -0.39 is 10.6 Å². The average molecular weight is 367 g/mol. The van der Waals surface area contributed by atoms with Gasteiger partial charge < -0.3 is 15.5 Å². The molecule has 3 rings (SSSR count). The van der Waals surface area contributed by atoms with Crippen LogP contribution >= 0.6 is 11.8 Å². The van der Waals surface area contributed by atoms with Crippen LogP contribution in [-0.2, 0) is 4.79 Å². The Morgan fingerprint density at radius 3 is 2.64 bits per heavy atom. The number of amides is 1. The molecule has 6 nitrogen and oxygen atoms in total. The number of hydrogen-bond donors (Lipinski definition) is 2. The van der Waals surface area contributed by atoms with Gasteiger partial charge in [0.05, 0.1) is 22.5 Å². The molecule has 3 heterocycles. The lowest BCUT2D eigenvalue weighted by molar-refractivity contribution is -0.122. The molecular formula is C17H26FN5OS. The fourth-order valence-corrected chi connectivity index (χ4v) is 4.67. The van der Waals surface area contributed by atoms with Gasteiger partial charge in [-0.15, -0.1) is 11.8 Å². The molecule has 2 aliphatic rings. The van der Waals surface area contributed by atoms with E-state index in [-0.39, 0.29) is 17.2 Å². The van der Waals surface area contributed by atoms with Gasteiger partial charge in [0.15, 0.2) is 5.82 Å². The van der Waals surface area contributed by atoms with Gasteiger partial charge in [0, 0.05) is 32.1 Å². The van der Waals surface area contributed by atoms with Crippen LogP contribution in [0.4, 0.5) is 4.39 Å². The normalized spacial score (nSPS) is 24.9. The highest BCUT2D eigenvalue weighted by molar-refractivity contribution is 8.02. The summed E-state index contributed by atoms with van der Waals surface area (Å²) in [7, 11) is 0. The molecule has 1 amide bonds. The van der Waals surface area contributed by atoms with E-state index in [1.54, 1.807) is 11.8 Å². The molecule has 0 aromatic carbocycles. The second kappa shape index (κ2) is 7.97. The number of hydrogen-bond acceptors (Lipinski definition) is 6. The monoisotopic (exact) mass is 367 g/mol. The first-order valence-corrected chi connectivity index (χ1v) is 9.73. The summed E-state index contributed by atoms with van der Waals surface area (Å²) < 4.78 is 12.7. The highest BCUT2D eigenvalue weighted by Gasteiger charge is 2.43. The first-order chi connectivity index (χ1) is 12.0. The summed E-state index contributed by atoms with van der Waals surface area (Å²) in [5, 5.41) is 6.35. The number of piperazine rings is 1. The van der Waals surface area contributed by atoms with E-state index in [4.69, 9.17) is 0 Å². The maximum absolute atomic E-state index is 13.2. The van der Waals surface area contributed by atoms with Gasteiger partial charge in [0.25, 0.3) is 0 Å². The Hall–Kier alpha value is -1.25. The number of aromatic nitrogens is 2. The van der Waals surface area contributed by atoms with E-state index in [1.807, 2.05) is 13.8 Å². The molecule has 1 aromatic rings. The van der Waals surface area contributed by atoms with E-state index in [0.717, 1.165) is 45.6 Å². The summed E-state index contributed by atoms with van der Waals surface area (Å²) in [5.41, 5.74) is 0. The standard InChI is InChI=1S/C17H26FN5OS/c1-17(2)16(24)22-15(25-17)13(14-20-10-12(18)11-21-14)4-3-7-23-8-5-19-6-9-23/h10-11,13,15,19H,3-9H2,1-2H3,(H,22,24). The zero-order chi connectivity index (χ0) is 17.9. The molecule has 2 fully saturated rings. The third kappa shape index (κ3) is 4.68. The van der Waals surface area contributed by atoms with E-state index in [1.165, 1.54) is 12.4 Å². The van der Waals surface area contributed by atoms with E-state index >= 15 is 0 Å². The summed E-state index contributed by atoms with van der Waals surface area (Å²) in [4.78, 5) is 23.0. The van der Waals surface area contributed by atoms with E-state index in [2.05, 4.69) is 25.5 Å². The van der Waals surface area contributed by atoms with Crippen molar-refractivity contribution in [3.05, 3.63) is 24.0 Å². The van der Waals surface area contributed by atoms with Gasteiger partial charge in [-0.05, 0) is 33.2 Å². The number of nitrogens with one attached hydrogen (secondary N) is 2. The minimum absolute atomic E-state index is 0.0146. The van der Waals surface area contributed by atoms with Crippen molar-refractivity contribution in [3.8, 4) is 0 Å². The van der Waals surface area contributed by atoms with Crippen LogP contribution < -0.4 is 10.6 Å². The maximum atomic E-state index is 13.2. The van der Waals surface area contributed by atoms with Crippen LogP contribution in [0.15, 0.2) is 12.4 Å². The molecule has 0 spiro atoms. The summed E-state index contributed by atoms with van der Waals surface area (Å²) in [6.07, 6.45) is 4.28. The SMILES string of the molecule is CC1(C)SC(C(CCCN2CCNCC2)c2ncc(F)cn2)NC1=O. The van der Waals surface area contributed by atoms with Gasteiger partial charge >= 0.3 is 0 Å². The zero-order valence-corrected chi connectivity index (χ0v) is 15.6. The Bertz CT molecular complexity index is 591. The molecule has 2 aliphatic heterocycles. The predicted octanol–water partition coefficient (Wildman–Crippen LogP) is 1.35. The maximum Gasteiger partial charge on any atom is 0.236 e. The molecule has 0 radical (unpaired) electrons. The number of carbonyl (C=O) groups excluding carboxylic acids is 1. The highest BCUT2D eigenvalue weighted by atomic mass is 32.2. The van der Waals surface area contributed by atoms with Crippen molar-refractivity contribution in [2.24, 2.45) is 0 Å². The smallest absolute Gasteiger partial charge is 0.236 e. The van der Waals surface area contributed by atoms with Crippen LogP contribution in [0.25, 0.3) is 0 Å². The van der Waals surface area contributed by atoms with Gasteiger partial charge in [-0.1, -0.05) is 0 Å². The second-order valence-electron chi connectivity index (χ2n) is 7.12. The molecule has 2 unspecified atom stereocenters. The lowest BCUT2D eigenvalue weighted by Gasteiger charge is -2.28. The van der Waals surface area contributed by atoms with Crippen LogP contribution in [0.5, 0.6) is 0 Å². The molecule has 0 bridgehead atoms. The molecular weight excluding hydrogens is 341 g/mol. The number of thioether (sulfide) groups is 1. The molecule has 1 aromatic heterocycles. The van der Waals surface area contributed by atoms with Crippen LogP contribution in [-0.4, -0.2) is 63.6 Å². The Morgan fingerprint density at radius 2 is 2.04 bits per heavy atom. The predicted molar refractivity (Wildman–Crippen MR) is 96.9 cm³/mol. The van der Waals surface area contributed by atoms with Crippen LogP contribution in [0, 0.1) is 5.82 Å². The van der Waals surface area contributed by atoms with Crippen molar-refractivity contribution in [2.75, 3.05) is 32.7 Å². The molecule has 0 saturated carbocycles. The van der Waals surface area contributed by atoms with E-state index in [0.29, 0.717) is 5.82 Å². The first kappa shape index (κ1) is 18.5. The summed E-state index contributed by atoms with van der Waals surface area (Å²) in [6, 6.07) is 0. The minimum Gasteiger partial charge on any atom is -0.342 e. The molecule has 2 saturated heterocycles. The summed E-state index contributed by atoms with van der Waals surface area (Å²) in [5.74, 6) is 0.194. The molecule has 0 aliphatic carbocycles. The van der Waals surface area contributed by atoms with Gasteiger partial charge in [-0.3, -0.25) is 4.79 Å². The average Bonchev–Trinajstić information content (AvgIpc) is 2.87. The van der Waals surface area contributed by atoms with Gasteiger partial charge in [0.1, 0.15) is 5.82 Å². The Kier molecular flexibility index (Phi) is 5.91. The topological polar surface area (TPSA) is 70.2 Å². The lowest BCUT2D eigenvalue weighted by atomic mass is 10.0. The highest BCUT2D eigenvalue weighted by Crippen LogP contribution is 2.41. The van der Waals surface area contributed by atoms with Crippen molar-refractivity contribution in [1.82, 2.24) is 25.5 Å². The van der Waals surface area contributed by atoms with Gasteiger partial charge in [0.2, 0.25) is 5.91 Å². The van der Waals surface area contributed by atoms with Crippen LogP contribution in [0.1, 0.15) is 38.4 Å². The number of halogens is 1. The second-order valence-corrected chi connectivity index (χ2v) is 8.89. The van der Waals surface area contributed by atoms with Gasteiger partial charge in [-0.25, -0.2) is 14.4 Å². The third-order valence-electron chi connectivity index (χ3n) is 4.78. The van der Waals surface area contributed by atoms with Crippen LogP contribution in [0.3, 0.4) is 0 Å². The fraction of sp³-hybridized carbons (Fsp3) is 0.706. The van der Waals surface area contributed by atoms with Crippen molar-refractivity contribution in [1.29, 1.82) is 0 Å². The van der Waals surface area contributed by atoms with Crippen molar-refractivity contribution < 1.29 is 9.18 Å². The largest absolute Gasteiger partial charge is 0.342 e. The Labute approximate surface area is 152 Å². The summed E-state index contributed by atoms with van der Waals surface area (Å²) in [6.45, 7) is 9.08. The summed E-state index contributed by atoms with van der Waals surface area (Å²) >= 11 is 1.61. The molecule has 8 heteroatoms.